The number of rotatable bonds is 3. The molecule has 7 heteroatoms. The Hall–Kier alpha value is -1.89. The van der Waals surface area contributed by atoms with Crippen LogP contribution in [0, 0.1) is 0 Å². The molecule has 3 rings (SSSR count). The van der Waals surface area contributed by atoms with Crippen molar-refractivity contribution in [3.63, 3.8) is 0 Å². The topological polar surface area (TPSA) is 88.9 Å². The van der Waals surface area contributed by atoms with Crippen LogP contribution in [0.25, 0.3) is 11.6 Å². The summed E-state index contributed by atoms with van der Waals surface area (Å²) in [5.74, 6) is 0.442. The van der Waals surface area contributed by atoms with Crippen molar-refractivity contribution in [1.29, 1.82) is 0 Å². The molecule has 90 valence electrons. The Kier molecular flexibility index (Phi) is 2.74. The predicted molar refractivity (Wildman–Crippen MR) is 59.3 cm³/mol. The summed E-state index contributed by atoms with van der Waals surface area (Å²) in [6, 6.07) is 2.58. The van der Waals surface area contributed by atoms with Gasteiger partial charge in [-0.15, -0.1) is 5.10 Å². The maximum absolute atomic E-state index is 5.49. The number of nitrogens with zero attached hydrogens (tertiary/aromatic N) is 3. The fourth-order valence-electron chi connectivity index (χ4n) is 1.78. The zero-order chi connectivity index (χ0) is 11.5. The van der Waals surface area contributed by atoms with Gasteiger partial charge in [0.2, 0.25) is 0 Å². The minimum atomic E-state index is 0.346. The zero-order valence-electron chi connectivity index (χ0n) is 9.22. The van der Waals surface area contributed by atoms with Gasteiger partial charge >= 0.3 is 6.01 Å². The third-order valence-corrected chi connectivity index (χ3v) is 2.71. The number of aromatic amines is 1. The highest BCUT2D eigenvalue weighted by atomic mass is 16.5. The van der Waals surface area contributed by atoms with Crippen LogP contribution >= 0.6 is 0 Å². The molecule has 0 bridgehead atoms. The van der Waals surface area contributed by atoms with Gasteiger partial charge in [-0.05, 0) is 18.9 Å². The number of hydrogen-bond donors (Lipinski definition) is 2. The summed E-state index contributed by atoms with van der Waals surface area (Å²) in [5.41, 5.74) is 0.720. The van der Waals surface area contributed by atoms with Gasteiger partial charge in [-0.25, -0.2) is 0 Å². The Morgan fingerprint density at radius 2 is 2.18 bits per heavy atom. The van der Waals surface area contributed by atoms with Gasteiger partial charge in [0.25, 0.3) is 5.89 Å². The molecule has 2 aromatic rings. The highest BCUT2D eigenvalue weighted by Crippen LogP contribution is 2.19. The molecular formula is C10H13N5O2. The Balaban J connectivity index is 1.68. The van der Waals surface area contributed by atoms with E-state index in [0.717, 1.165) is 31.7 Å². The Bertz CT molecular complexity index is 461. The lowest BCUT2D eigenvalue weighted by atomic mass is 10.1. The van der Waals surface area contributed by atoms with E-state index < -0.39 is 0 Å². The summed E-state index contributed by atoms with van der Waals surface area (Å²) >= 11 is 0. The standard InChI is InChI=1S/C10H13N5O2/c1-4-11-13-8(1)9-14-15-10(17-9)12-7-2-5-16-6-3-7/h1,4,7H,2-3,5-6H2,(H,11,13)(H,12,15). The van der Waals surface area contributed by atoms with Crippen LogP contribution in [0.2, 0.25) is 0 Å². The first kappa shape index (κ1) is 10.3. The molecule has 1 saturated heterocycles. The first-order valence-electron chi connectivity index (χ1n) is 5.59. The summed E-state index contributed by atoms with van der Waals surface area (Å²) in [6.45, 7) is 1.55. The van der Waals surface area contributed by atoms with Crippen LogP contribution in [-0.2, 0) is 4.74 Å². The lowest BCUT2D eigenvalue weighted by Gasteiger charge is -2.21. The number of ether oxygens (including phenoxy) is 1. The summed E-state index contributed by atoms with van der Waals surface area (Å²) in [5, 5.41) is 17.7. The highest BCUT2D eigenvalue weighted by Gasteiger charge is 2.17. The van der Waals surface area contributed by atoms with Crippen LogP contribution in [-0.4, -0.2) is 39.7 Å². The molecule has 0 aromatic carbocycles. The van der Waals surface area contributed by atoms with Gasteiger partial charge < -0.3 is 14.5 Å². The third-order valence-electron chi connectivity index (χ3n) is 2.71. The van der Waals surface area contributed by atoms with E-state index >= 15 is 0 Å². The van der Waals surface area contributed by atoms with Gasteiger partial charge in [-0.3, -0.25) is 5.10 Å². The third kappa shape index (κ3) is 2.28. The summed E-state index contributed by atoms with van der Waals surface area (Å²) in [6.07, 6.45) is 3.56. The monoisotopic (exact) mass is 235 g/mol. The molecule has 0 unspecified atom stereocenters. The molecule has 1 aliphatic heterocycles. The second-order valence-electron chi connectivity index (χ2n) is 3.91. The van der Waals surface area contributed by atoms with Crippen LogP contribution in [0.4, 0.5) is 6.01 Å². The van der Waals surface area contributed by atoms with Gasteiger partial charge in [0, 0.05) is 25.5 Å². The minimum absolute atomic E-state index is 0.346. The lowest BCUT2D eigenvalue weighted by Crippen LogP contribution is -2.27. The molecule has 0 radical (unpaired) electrons. The Morgan fingerprint density at radius 1 is 1.29 bits per heavy atom. The smallest absolute Gasteiger partial charge is 0.316 e. The van der Waals surface area contributed by atoms with Crippen LogP contribution in [0.15, 0.2) is 16.7 Å². The maximum Gasteiger partial charge on any atom is 0.316 e. The molecule has 0 atom stereocenters. The lowest BCUT2D eigenvalue weighted by molar-refractivity contribution is 0.0900. The van der Waals surface area contributed by atoms with Crippen LogP contribution in [0.5, 0.6) is 0 Å². The van der Waals surface area contributed by atoms with E-state index in [2.05, 4.69) is 25.7 Å². The van der Waals surface area contributed by atoms with Crippen molar-refractivity contribution in [3.8, 4) is 11.6 Å². The average Bonchev–Trinajstić information content (AvgIpc) is 3.00. The molecule has 17 heavy (non-hydrogen) atoms. The second-order valence-corrected chi connectivity index (χ2v) is 3.91. The molecule has 0 spiro atoms. The van der Waals surface area contributed by atoms with E-state index in [4.69, 9.17) is 9.15 Å². The quantitative estimate of drug-likeness (QED) is 0.826. The molecule has 0 aliphatic carbocycles. The van der Waals surface area contributed by atoms with Crippen molar-refractivity contribution >= 4 is 6.01 Å². The molecule has 7 nitrogen and oxygen atoms in total. The van der Waals surface area contributed by atoms with E-state index in [1.807, 2.05) is 0 Å². The fourth-order valence-corrected chi connectivity index (χ4v) is 1.78. The van der Waals surface area contributed by atoms with Crippen molar-refractivity contribution in [2.75, 3.05) is 18.5 Å². The number of hydrogen-bond acceptors (Lipinski definition) is 6. The highest BCUT2D eigenvalue weighted by molar-refractivity contribution is 5.45. The van der Waals surface area contributed by atoms with Gasteiger partial charge in [0.1, 0.15) is 5.69 Å². The predicted octanol–water partition coefficient (Wildman–Crippen LogP) is 1.05. The molecule has 0 amide bonds. The first-order chi connectivity index (χ1) is 8.42. The van der Waals surface area contributed by atoms with Crippen molar-refractivity contribution in [2.24, 2.45) is 0 Å². The zero-order valence-corrected chi connectivity index (χ0v) is 9.22. The largest absolute Gasteiger partial charge is 0.402 e. The van der Waals surface area contributed by atoms with Crippen molar-refractivity contribution < 1.29 is 9.15 Å². The molecule has 1 fully saturated rings. The summed E-state index contributed by atoms with van der Waals surface area (Å²) in [7, 11) is 0. The van der Waals surface area contributed by atoms with Crippen molar-refractivity contribution in [3.05, 3.63) is 12.3 Å². The molecule has 1 aliphatic rings. The summed E-state index contributed by atoms with van der Waals surface area (Å²) in [4.78, 5) is 0. The van der Waals surface area contributed by atoms with Crippen LogP contribution in [0.1, 0.15) is 12.8 Å². The molecule has 2 N–H and O–H groups in total. The molecular weight excluding hydrogens is 222 g/mol. The SMILES string of the molecule is c1cc(-c2nnc(NC3CCOCC3)o2)[nH]n1. The maximum atomic E-state index is 5.49. The van der Waals surface area contributed by atoms with E-state index in [9.17, 15) is 0 Å². The number of anilines is 1. The van der Waals surface area contributed by atoms with Gasteiger partial charge in [-0.2, -0.15) is 5.10 Å². The fraction of sp³-hybridized carbons (Fsp3) is 0.500. The molecule has 0 saturated carbocycles. The van der Waals surface area contributed by atoms with E-state index in [0.29, 0.717) is 17.9 Å². The normalized spacial score (nSPS) is 17.2. The Morgan fingerprint density at radius 3 is 2.94 bits per heavy atom. The number of H-pyrrole nitrogens is 1. The van der Waals surface area contributed by atoms with E-state index in [1.165, 1.54) is 0 Å². The second kappa shape index (κ2) is 4.54. The van der Waals surface area contributed by atoms with Gasteiger partial charge in [-0.1, -0.05) is 5.10 Å². The Labute approximate surface area is 97.6 Å². The van der Waals surface area contributed by atoms with Crippen LogP contribution < -0.4 is 5.32 Å². The van der Waals surface area contributed by atoms with E-state index in [-0.39, 0.29) is 0 Å². The van der Waals surface area contributed by atoms with Crippen molar-refractivity contribution in [2.45, 2.75) is 18.9 Å². The van der Waals surface area contributed by atoms with Gasteiger partial charge in [0.15, 0.2) is 0 Å². The number of nitrogens with one attached hydrogen (secondary N) is 2. The van der Waals surface area contributed by atoms with E-state index in [1.54, 1.807) is 12.3 Å². The van der Waals surface area contributed by atoms with Crippen LogP contribution in [0.3, 0.4) is 0 Å². The number of aromatic nitrogens is 4. The van der Waals surface area contributed by atoms with Gasteiger partial charge in [0.05, 0.1) is 0 Å². The van der Waals surface area contributed by atoms with Crippen molar-refractivity contribution in [1.82, 2.24) is 20.4 Å². The molecule has 2 aromatic heterocycles. The minimum Gasteiger partial charge on any atom is -0.402 e. The average molecular weight is 235 g/mol. The summed E-state index contributed by atoms with van der Waals surface area (Å²) < 4.78 is 10.8. The first-order valence-corrected chi connectivity index (χ1v) is 5.59. The molecule has 3 heterocycles.